The van der Waals surface area contributed by atoms with Crippen LogP contribution in [0, 0.1) is 0 Å². The van der Waals surface area contributed by atoms with Crippen molar-refractivity contribution in [2.75, 3.05) is 57.3 Å². The molecule has 2 saturated heterocycles. The molecule has 2 fully saturated rings. The van der Waals surface area contributed by atoms with E-state index in [4.69, 9.17) is 0 Å². The first-order valence-electron chi connectivity index (χ1n) is 10.2. The van der Waals surface area contributed by atoms with E-state index in [1.165, 1.54) is 5.56 Å². The number of nitrogens with zero attached hydrogens (tertiary/aromatic N) is 5. The zero-order valence-electron chi connectivity index (χ0n) is 16.6. The van der Waals surface area contributed by atoms with Gasteiger partial charge in [-0.25, -0.2) is 4.98 Å². The van der Waals surface area contributed by atoms with E-state index >= 15 is 0 Å². The SMILES string of the molecule is O=CN1CCN(C(=O)c2ccc(N3CCN(Cc4ccccc4)CC3)cn2)CC1. The van der Waals surface area contributed by atoms with Gasteiger partial charge in [0.05, 0.1) is 11.9 Å². The number of aromatic nitrogens is 1. The molecule has 1 aromatic heterocycles. The van der Waals surface area contributed by atoms with Gasteiger partial charge in [0.25, 0.3) is 5.91 Å². The van der Waals surface area contributed by atoms with Crippen LogP contribution in [0.5, 0.6) is 0 Å². The Hall–Kier alpha value is -2.93. The molecule has 0 unspecified atom stereocenters. The predicted molar refractivity (Wildman–Crippen MR) is 112 cm³/mol. The van der Waals surface area contributed by atoms with Crippen molar-refractivity contribution in [3.05, 3.63) is 59.9 Å². The molecule has 29 heavy (non-hydrogen) atoms. The van der Waals surface area contributed by atoms with Crippen LogP contribution in [-0.4, -0.2) is 84.4 Å². The van der Waals surface area contributed by atoms with Crippen LogP contribution in [0.15, 0.2) is 48.7 Å². The Balaban J connectivity index is 1.29. The molecule has 2 amide bonds. The van der Waals surface area contributed by atoms with E-state index in [-0.39, 0.29) is 5.91 Å². The number of piperazine rings is 2. The quantitative estimate of drug-likeness (QED) is 0.717. The van der Waals surface area contributed by atoms with Gasteiger partial charge in [0, 0.05) is 58.9 Å². The molecule has 0 bridgehead atoms. The average Bonchev–Trinajstić information content (AvgIpc) is 2.80. The van der Waals surface area contributed by atoms with E-state index < -0.39 is 0 Å². The fourth-order valence-electron chi connectivity index (χ4n) is 3.90. The molecule has 3 heterocycles. The topological polar surface area (TPSA) is 60.0 Å². The second-order valence-electron chi connectivity index (χ2n) is 7.58. The van der Waals surface area contributed by atoms with E-state index in [0.717, 1.165) is 44.8 Å². The normalized spacial score (nSPS) is 18.0. The lowest BCUT2D eigenvalue weighted by molar-refractivity contribution is -0.119. The molecule has 7 nitrogen and oxygen atoms in total. The van der Waals surface area contributed by atoms with Crippen molar-refractivity contribution in [2.45, 2.75) is 6.54 Å². The van der Waals surface area contributed by atoms with Gasteiger partial charge in [0.2, 0.25) is 6.41 Å². The van der Waals surface area contributed by atoms with Gasteiger partial charge < -0.3 is 14.7 Å². The maximum Gasteiger partial charge on any atom is 0.272 e. The van der Waals surface area contributed by atoms with Crippen LogP contribution in [0.2, 0.25) is 0 Å². The minimum absolute atomic E-state index is 0.0604. The van der Waals surface area contributed by atoms with Crippen molar-refractivity contribution < 1.29 is 9.59 Å². The highest BCUT2D eigenvalue weighted by Gasteiger charge is 2.23. The Morgan fingerprint density at radius 2 is 1.62 bits per heavy atom. The van der Waals surface area contributed by atoms with Gasteiger partial charge in [-0.15, -0.1) is 0 Å². The number of carbonyl (C=O) groups is 2. The highest BCUT2D eigenvalue weighted by atomic mass is 16.2. The van der Waals surface area contributed by atoms with Gasteiger partial charge in [-0.05, 0) is 17.7 Å². The Bertz CT molecular complexity index is 811. The van der Waals surface area contributed by atoms with Crippen LogP contribution < -0.4 is 4.90 Å². The molecule has 7 heteroatoms. The van der Waals surface area contributed by atoms with Crippen molar-refractivity contribution in [1.29, 1.82) is 0 Å². The van der Waals surface area contributed by atoms with Crippen LogP contribution in [0.1, 0.15) is 16.1 Å². The standard InChI is InChI=1S/C22H27N5O2/c28-18-25-10-14-27(15-11-25)22(29)21-7-6-20(16-23-21)26-12-8-24(9-13-26)17-19-4-2-1-3-5-19/h1-7,16,18H,8-15,17H2. The summed E-state index contributed by atoms with van der Waals surface area (Å²) in [4.78, 5) is 36.1. The maximum atomic E-state index is 12.6. The summed E-state index contributed by atoms with van der Waals surface area (Å²) >= 11 is 0. The first-order valence-corrected chi connectivity index (χ1v) is 10.2. The highest BCUT2D eigenvalue weighted by molar-refractivity contribution is 5.92. The van der Waals surface area contributed by atoms with Gasteiger partial charge in [-0.2, -0.15) is 0 Å². The summed E-state index contributed by atoms with van der Waals surface area (Å²) in [6.45, 7) is 7.20. The molecule has 0 aliphatic carbocycles. The van der Waals surface area contributed by atoms with Crippen molar-refractivity contribution in [3.63, 3.8) is 0 Å². The van der Waals surface area contributed by atoms with Gasteiger partial charge in [0.15, 0.2) is 0 Å². The van der Waals surface area contributed by atoms with Crippen molar-refractivity contribution in [1.82, 2.24) is 19.7 Å². The zero-order chi connectivity index (χ0) is 20.1. The smallest absolute Gasteiger partial charge is 0.272 e. The van der Waals surface area contributed by atoms with Gasteiger partial charge in [0.1, 0.15) is 5.69 Å². The Kier molecular flexibility index (Phi) is 6.05. The molecule has 2 aliphatic rings. The molecule has 4 rings (SSSR count). The Morgan fingerprint density at radius 3 is 2.24 bits per heavy atom. The number of anilines is 1. The van der Waals surface area contributed by atoms with E-state index in [1.54, 1.807) is 9.80 Å². The average molecular weight is 393 g/mol. The lowest BCUT2D eigenvalue weighted by Crippen LogP contribution is -2.48. The molecule has 0 atom stereocenters. The third kappa shape index (κ3) is 4.74. The Labute approximate surface area is 171 Å². The predicted octanol–water partition coefficient (Wildman–Crippen LogP) is 1.32. The number of carbonyl (C=O) groups excluding carboxylic acids is 2. The molecule has 2 aliphatic heterocycles. The first-order chi connectivity index (χ1) is 14.2. The summed E-state index contributed by atoms with van der Waals surface area (Å²) in [6, 6.07) is 14.4. The Morgan fingerprint density at radius 1 is 0.897 bits per heavy atom. The molecule has 0 N–H and O–H groups in total. The molecule has 0 saturated carbocycles. The molecule has 1 aromatic carbocycles. The van der Waals surface area contributed by atoms with Crippen LogP contribution in [0.4, 0.5) is 5.69 Å². The third-order valence-electron chi connectivity index (χ3n) is 5.70. The minimum Gasteiger partial charge on any atom is -0.368 e. The summed E-state index contributed by atoms with van der Waals surface area (Å²) in [7, 11) is 0. The number of pyridine rings is 1. The maximum absolute atomic E-state index is 12.6. The summed E-state index contributed by atoms with van der Waals surface area (Å²) in [5.74, 6) is -0.0604. The molecule has 152 valence electrons. The monoisotopic (exact) mass is 393 g/mol. The van der Waals surface area contributed by atoms with Crippen molar-refractivity contribution >= 4 is 18.0 Å². The van der Waals surface area contributed by atoms with Crippen molar-refractivity contribution in [3.8, 4) is 0 Å². The number of rotatable bonds is 5. The summed E-state index contributed by atoms with van der Waals surface area (Å²) < 4.78 is 0. The summed E-state index contributed by atoms with van der Waals surface area (Å²) in [5.41, 5.74) is 2.88. The van der Waals surface area contributed by atoms with Gasteiger partial charge in [-0.1, -0.05) is 30.3 Å². The van der Waals surface area contributed by atoms with Crippen LogP contribution in [0.3, 0.4) is 0 Å². The molecular weight excluding hydrogens is 366 g/mol. The van der Waals surface area contributed by atoms with Crippen molar-refractivity contribution in [2.24, 2.45) is 0 Å². The molecule has 0 spiro atoms. The summed E-state index contributed by atoms with van der Waals surface area (Å²) in [6.07, 6.45) is 2.65. The number of benzene rings is 1. The van der Waals surface area contributed by atoms with Crippen LogP contribution in [0.25, 0.3) is 0 Å². The van der Waals surface area contributed by atoms with E-state index in [9.17, 15) is 9.59 Å². The van der Waals surface area contributed by atoms with E-state index in [1.807, 2.05) is 24.4 Å². The largest absolute Gasteiger partial charge is 0.368 e. The molecule has 2 aromatic rings. The lowest BCUT2D eigenvalue weighted by Gasteiger charge is -2.36. The number of hydrogen-bond acceptors (Lipinski definition) is 5. The third-order valence-corrected chi connectivity index (χ3v) is 5.70. The second-order valence-corrected chi connectivity index (χ2v) is 7.58. The first kappa shape index (κ1) is 19.4. The van der Waals surface area contributed by atoms with E-state index in [2.05, 4.69) is 39.0 Å². The minimum atomic E-state index is -0.0604. The zero-order valence-corrected chi connectivity index (χ0v) is 16.6. The molecule has 0 radical (unpaired) electrons. The van der Waals surface area contributed by atoms with Crippen LogP contribution >= 0.6 is 0 Å². The second kappa shape index (κ2) is 9.05. The van der Waals surface area contributed by atoms with Gasteiger partial charge >= 0.3 is 0 Å². The van der Waals surface area contributed by atoms with Crippen LogP contribution in [-0.2, 0) is 11.3 Å². The number of amides is 2. The van der Waals surface area contributed by atoms with E-state index in [0.29, 0.717) is 31.9 Å². The summed E-state index contributed by atoms with van der Waals surface area (Å²) in [5, 5.41) is 0. The van der Waals surface area contributed by atoms with Gasteiger partial charge in [-0.3, -0.25) is 14.5 Å². The highest BCUT2D eigenvalue weighted by Crippen LogP contribution is 2.18. The lowest BCUT2D eigenvalue weighted by atomic mass is 10.2. The fourth-order valence-corrected chi connectivity index (χ4v) is 3.90. The molecular formula is C22H27N5O2. The number of hydrogen-bond donors (Lipinski definition) is 0. The fraction of sp³-hybridized carbons (Fsp3) is 0.409.